The number of fused-ring (bicyclic) bond motifs is 2. The third-order valence-corrected chi connectivity index (χ3v) is 4.76. The van der Waals surface area contributed by atoms with Crippen LogP contribution in [0.25, 0.3) is 0 Å². The van der Waals surface area contributed by atoms with Crippen molar-refractivity contribution in [3.8, 4) is 0 Å². The van der Waals surface area contributed by atoms with Crippen molar-refractivity contribution in [3.63, 3.8) is 0 Å². The van der Waals surface area contributed by atoms with E-state index in [9.17, 15) is 4.79 Å². The maximum atomic E-state index is 12.2. The van der Waals surface area contributed by atoms with Crippen LogP contribution in [0.15, 0.2) is 24.3 Å². The van der Waals surface area contributed by atoms with Gasteiger partial charge in [-0.05, 0) is 31.3 Å². The first kappa shape index (κ1) is 11.0. The van der Waals surface area contributed by atoms with Crippen LogP contribution in [0.4, 0.5) is 0 Å². The van der Waals surface area contributed by atoms with Crippen molar-refractivity contribution in [2.75, 3.05) is 20.1 Å². The highest BCUT2D eigenvalue weighted by Gasteiger charge is 2.49. The first-order chi connectivity index (χ1) is 8.23. The van der Waals surface area contributed by atoms with E-state index in [4.69, 9.17) is 0 Å². The number of rotatable bonds is 0. The number of allylic oxidation sites excluding steroid dienone is 2. The summed E-state index contributed by atoms with van der Waals surface area (Å²) in [4.78, 5) is 14.1. The van der Waals surface area contributed by atoms with Crippen LogP contribution in [0.5, 0.6) is 0 Å². The SMILES string of the molecule is CN1C(=O)CC2(CCNCC2)C2C=CC=CC21. The van der Waals surface area contributed by atoms with Gasteiger partial charge in [0, 0.05) is 19.4 Å². The highest BCUT2D eigenvalue weighted by molar-refractivity contribution is 5.79. The third kappa shape index (κ3) is 1.64. The molecule has 3 nitrogen and oxygen atoms in total. The summed E-state index contributed by atoms with van der Waals surface area (Å²) >= 11 is 0. The molecule has 1 aliphatic carbocycles. The number of nitrogens with zero attached hydrogens (tertiary/aromatic N) is 1. The molecule has 1 N–H and O–H groups in total. The van der Waals surface area contributed by atoms with Gasteiger partial charge in [0.2, 0.25) is 5.91 Å². The summed E-state index contributed by atoms with van der Waals surface area (Å²) in [5.41, 5.74) is 0.209. The van der Waals surface area contributed by atoms with Gasteiger partial charge in [-0.1, -0.05) is 24.3 Å². The molecule has 3 aliphatic rings. The molecule has 1 spiro atoms. The summed E-state index contributed by atoms with van der Waals surface area (Å²) in [5, 5.41) is 3.41. The van der Waals surface area contributed by atoms with E-state index in [0.29, 0.717) is 11.8 Å². The lowest BCUT2D eigenvalue weighted by Crippen LogP contribution is -2.57. The zero-order valence-electron chi connectivity index (χ0n) is 10.4. The number of likely N-dealkylation sites (N-methyl/N-ethyl adjacent to an activating group) is 1. The lowest BCUT2D eigenvalue weighted by molar-refractivity contribution is -0.143. The average Bonchev–Trinajstić information content (AvgIpc) is 2.38. The minimum atomic E-state index is 0.209. The Hall–Kier alpha value is -1.09. The molecule has 2 saturated heterocycles. The summed E-state index contributed by atoms with van der Waals surface area (Å²) in [6, 6.07) is 0.277. The number of nitrogens with one attached hydrogen (secondary N) is 1. The monoisotopic (exact) mass is 232 g/mol. The molecule has 0 radical (unpaired) electrons. The molecule has 0 aromatic heterocycles. The molecule has 2 heterocycles. The number of hydrogen-bond donors (Lipinski definition) is 1. The van der Waals surface area contributed by atoms with Gasteiger partial charge in [-0.15, -0.1) is 0 Å². The highest BCUT2D eigenvalue weighted by atomic mass is 16.2. The largest absolute Gasteiger partial charge is 0.339 e. The van der Waals surface area contributed by atoms with E-state index >= 15 is 0 Å². The molecular weight excluding hydrogens is 212 g/mol. The molecule has 17 heavy (non-hydrogen) atoms. The molecule has 0 saturated carbocycles. The van der Waals surface area contributed by atoms with Crippen molar-refractivity contribution in [1.82, 2.24) is 10.2 Å². The van der Waals surface area contributed by atoms with Crippen molar-refractivity contribution >= 4 is 5.91 Å². The number of hydrogen-bond acceptors (Lipinski definition) is 2. The van der Waals surface area contributed by atoms with Crippen molar-refractivity contribution in [2.45, 2.75) is 25.3 Å². The van der Waals surface area contributed by atoms with Crippen LogP contribution < -0.4 is 5.32 Å². The number of amides is 1. The standard InChI is InChI=1S/C14H20N2O/c1-16-12-5-3-2-4-11(12)14(10-13(16)17)6-8-15-9-7-14/h2-5,11-12,15H,6-10H2,1H3. The maximum absolute atomic E-state index is 12.2. The van der Waals surface area contributed by atoms with Crippen LogP contribution in [0, 0.1) is 11.3 Å². The Bertz CT molecular complexity index is 380. The van der Waals surface area contributed by atoms with E-state index in [1.807, 2.05) is 11.9 Å². The van der Waals surface area contributed by atoms with Crippen molar-refractivity contribution in [3.05, 3.63) is 24.3 Å². The van der Waals surface area contributed by atoms with Crippen molar-refractivity contribution in [1.29, 1.82) is 0 Å². The Morgan fingerprint density at radius 1 is 1.29 bits per heavy atom. The fourth-order valence-electron chi connectivity index (χ4n) is 3.68. The van der Waals surface area contributed by atoms with Gasteiger partial charge >= 0.3 is 0 Å². The molecule has 2 atom stereocenters. The number of piperidine rings is 2. The van der Waals surface area contributed by atoms with Gasteiger partial charge in [-0.3, -0.25) is 4.79 Å². The van der Waals surface area contributed by atoms with E-state index in [1.165, 1.54) is 0 Å². The van der Waals surface area contributed by atoms with E-state index in [0.717, 1.165) is 32.4 Å². The Kier molecular flexibility index (Phi) is 2.58. The minimum absolute atomic E-state index is 0.209. The van der Waals surface area contributed by atoms with Crippen LogP contribution >= 0.6 is 0 Å². The normalized spacial score (nSPS) is 35.1. The number of likely N-dealkylation sites (tertiary alicyclic amines) is 1. The molecule has 3 rings (SSSR count). The van der Waals surface area contributed by atoms with Gasteiger partial charge in [0.25, 0.3) is 0 Å². The first-order valence-corrected chi connectivity index (χ1v) is 6.54. The molecule has 2 unspecified atom stereocenters. The van der Waals surface area contributed by atoms with Crippen LogP contribution in [-0.2, 0) is 4.79 Å². The molecule has 0 aromatic carbocycles. The fourth-order valence-corrected chi connectivity index (χ4v) is 3.68. The predicted octanol–water partition coefficient (Wildman–Crippen LogP) is 1.33. The van der Waals surface area contributed by atoms with Crippen molar-refractivity contribution in [2.24, 2.45) is 11.3 Å². The molecular formula is C14H20N2O. The number of carbonyl (C=O) groups excluding carboxylic acids is 1. The molecule has 2 aliphatic heterocycles. The molecule has 1 amide bonds. The summed E-state index contributed by atoms with van der Waals surface area (Å²) < 4.78 is 0. The fraction of sp³-hybridized carbons (Fsp3) is 0.643. The zero-order chi connectivity index (χ0) is 11.9. The summed E-state index contributed by atoms with van der Waals surface area (Å²) in [5.74, 6) is 0.824. The highest BCUT2D eigenvalue weighted by Crippen LogP contribution is 2.48. The maximum Gasteiger partial charge on any atom is 0.223 e. The van der Waals surface area contributed by atoms with E-state index in [2.05, 4.69) is 29.6 Å². The van der Waals surface area contributed by atoms with Gasteiger partial charge in [0.05, 0.1) is 6.04 Å². The summed E-state index contributed by atoms with van der Waals surface area (Å²) in [6.07, 6.45) is 11.7. The third-order valence-electron chi connectivity index (χ3n) is 4.76. The van der Waals surface area contributed by atoms with Crippen LogP contribution in [-0.4, -0.2) is 37.0 Å². The van der Waals surface area contributed by atoms with Crippen LogP contribution in [0.2, 0.25) is 0 Å². The van der Waals surface area contributed by atoms with Gasteiger partial charge in [0.1, 0.15) is 0 Å². The summed E-state index contributed by atoms with van der Waals surface area (Å²) in [7, 11) is 1.94. The second-order valence-corrected chi connectivity index (χ2v) is 5.58. The molecule has 0 bridgehead atoms. The van der Waals surface area contributed by atoms with Crippen LogP contribution in [0.3, 0.4) is 0 Å². The molecule has 2 fully saturated rings. The molecule has 0 aromatic rings. The van der Waals surface area contributed by atoms with Gasteiger partial charge in [-0.2, -0.15) is 0 Å². The van der Waals surface area contributed by atoms with E-state index in [-0.39, 0.29) is 11.5 Å². The van der Waals surface area contributed by atoms with Gasteiger partial charge in [0.15, 0.2) is 0 Å². The van der Waals surface area contributed by atoms with Crippen LogP contribution in [0.1, 0.15) is 19.3 Å². The quantitative estimate of drug-likeness (QED) is 0.683. The second-order valence-electron chi connectivity index (χ2n) is 5.58. The van der Waals surface area contributed by atoms with E-state index in [1.54, 1.807) is 0 Å². The Labute approximate surface area is 103 Å². The predicted molar refractivity (Wildman–Crippen MR) is 67.5 cm³/mol. The average molecular weight is 232 g/mol. The first-order valence-electron chi connectivity index (χ1n) is 6.54. The van der Waals surface area contributed by atoms with E-state index < -0.39 is 0 Å². The summed E-state index contributed by atoms with van der Waals surface area (Å²) in [6.45, 7) is 2.11. The number of carbonyl (C=O) groups is 1. The van der Waals surface area contributed by atoms with Gasteiger partial charge in [-0.25, -0.2) is 0 Å². The molecule has 3 heteroatoms. The Balaban J connectivity index is 1.96. The minimum Gasteiger partial charge on any atom is -0.339 e. The zero-order valence-corrected chi connectivity index (χ0v) is 10.4. The topological polar surface area (TPSA) is 32.3 Å². The second kappa shape index (κ2) is 3.98. The van der Waals surface area contributed by atoms with Gasteiger partial charge < -0.3 is 10.2 Å². The lowest BCUT2D eigenvalue weighted by atomic mass is 9.61. The lowest BCUT2D eigenvalue weighted by Gasteiger charge is -2.52. The smallest absolute Gasteiger partial charge is 0.223 e. The Morgan fingerprint density at radius 3 is 2.76 bits per heavy atom. The molecule has 92 valence electrons. The Morgan fingerprint density at radius 2 is 2.00 bits per heavy atom. The van der Waals surface area contributed by atoms with Crippen molar-refractivity contribution < 1.29 is 4.79 Å².